The fraction of sp³-hybridized carbons (Fsp3) is 0.562. The lowest BCUT2D eigenvalue weighted by molar-refractivity contribution is 0.0500. The lowest BCUT2D eigenvalue weighted by Gasteiger charge is -2.35. The highest BCUT2D eigenvalue weighted by atomic mass is 35.5. The van der Waals surface area contributed by atoms with Crippen LogP contribution in [0.5, 0.6) is 0 Å². The van der Waals surface area contributed by atoms with Crippen molar-refractivity contribution in [2.45, 2.75) is 45.8 Å². The monoisotopic (exact) mass is 310 g/mol. The van der Waals surface area contributed by atoms with Crippen LogP contribution in [-0.2, 0) is 4.74 Å². The van der Waals surface area contributed by atoms with Crippen molar-refractivity contribution < 1.29 is 9.53 Å². The van der Waals surface area contributed by atoms with Gasteiger partial charge in [0.15, 0.2) is 0 Å². The summed E-state index contributed by atoms with van der Waals surface area (Å²) >= 11 is 6.11. The third kappa shape index (κ3) is 4.03. The van der Waals surface area contributed by atoms with E-state index in [2.05, 4.69) is 17.1 Å². The molecular formula is C16H23ClN2O2. The van der Waals surface area contributed by atoms with E-state index in [0.29, 0.717) is 5.02 Å². The van der Waals surface area contributed by atoms with Crippen molar-refractivity contribution in [3.8, 4) is 0 Å². The Hall–Kier alpha value is -1.42. The summed E-state index contributed by atoms with van der Waals surface area (Å²) in [4.78, 5) is 14.3. The SMILES string of the molecule is CCN1CCC(NC(=O)OC(C)(C)C)c2cc(Cl)ccc21. The lowest BCUT2D eigenvalue weighted by atomic mass is 9.96. The largest absolute Gasteiger partial charge is 0.444 e. The molecule has 0 aliphatic carbocycles. The molecule has 1 N–H and O–H groups in total. The highest BCUT2D eigenvalue weighted by molar-refractivity contribution is 6.30. The molecule has 1 amide bonds. The average molecular weight is 311 g/mol. The number of amides is 1. The van der Waals surface area contributed by atoms with Gasteiger partial charge in [-0.2, -0.15) is 0 Å². The average Bonchev–Trinajstić information content (AvgIpc) is 2.37. The summed E-state index contributed by atoms with van der Waals surface area (Å²) in [6.07, 6.45) is 0.462. The number of halogens is 1. The van der Waals surface area contributed by atoms with Gasteiger partial charge in [-0.1, -0.05) is 11.6 Å². The number of carbonyl (C=O) groups is 1. The zero-order valence-corrected chi connectivity index (χ0v) is 13.8. The van der Waals surface area contributed by atoms with Crippen LogP contribution in [-0.4, -0.2) is 24.8 Å². The van der Waals surface area contributed by atoms with Crippen LogP contribution in [0.4, 0.5) is 10.5 Å². The normalized spacial score (nSPS) is 18.1. The maximum atomic E-state index is 12.0. The third-order valence-corrected chi connectivity index (χ3v) is 3.70. The standard InChI is InChI=1S/C16H23ClN2O2/c1-5-19-9-8-13(18-15(20)21-16(2,3)4)12-10-11(17)6-7-14(12)19/h6-7,10,13H,5,8-9H2,1-4H3,(H,18,20). The predicted octanol–water partition coefficient (Wildman–Crippen LogP) is 4.14. The molecule has 0 bridgehead atoms. The second-order valence-electron chi connectivity index (χ2n) is 6.27. The molecule has 1 aliphatic rings. The topological polar surface area (TPSA) is 41.6 Å². The van der Waals surface area contributed by atoms with E-state index in [0.717, 1.165) is 30.8 Å². The maximum absolute atomic E-state index is 12.0. The van der Waals surface area contributed by atoms with Crippen molar-refractivity contribution >= 4 is 23.4 Å². The Labute approximate surface area is 131 Å². The summed E-state index contributed by atoms with van der Waals surface area (Å²) in [5.41, 5.74) is 1.70. The predicted molar refractivity (Wildman–Crippen MR) is 86.1 cm³/mol. The molecule has 1 unspecified atom stereocenters. The summed E-state index contributed by atoms with van der Waals surface area (Å²) in [5.74, 6) is 0. The van der Waals surface area contributed by atoms with Crippen molar-refractivity contribution in [1.82, 2.24) is 5.32 Å². The van der Waals surface area contributed by atoms with Crippen LogP contribution in [0.1, 0.15) is 45.7 Å². The van der Waals surface area contributed by atoms with Gasteiger partial charge in [-0.3, -0.25) is 0 Å². The molecule has 2 rings (SSSR count). The summed E-state index contributed by atoms with van der Waals surface area (Å²) in [6, 6.07) is 5.78. The first kappa shape index (κ1) is 16.0. The molecule has 0 fully saturated rings. The van der Waals surface area contributed by atoms with E-state index in [-0.39, 0.29) is 12.1 Å². The molecule has 1 aromatic carbocycles. The maximum Gasteiger partial charge on any atom is 0.408 e. The number of ether oxygens (including phenoxy) is 1. The number of nitrogens with one attached hydrogen (secondary N) is 1. The molecule has 0 saturated heterocycles. The molecule has 0 saturated carbocycles. The van der Waals surface area contributed by atoms with Crippen molar-refractivity contribution in [3.05, 3.63) is 28.8 Å². The summed E-state index contributed by atoms with van der Waals surface area (Å²) in [6.45, 7) is 9.55. The van der Waals surface area contributed by atoms with Crippen LogP contribution in [0, 0.1) is 0 Å². The smallest absolute Gasteiger partial charge is 0.408 e. The van der Waals surface area contributed by atoms with E-state index < -0.39 is 5.60 Å². The van der Waals surface area contributed by atoms with Crippen LogP contribution in [0.15, 0.2) is 18.2 Å². The van der Waals surface area contributed by atoms with Crippen molar-refractivity contribution in [2.75, 3.05) is 18.0 Å². The zero-order chi connectivity index (χ0) is 15.6. The Morgan fingerprint density at radius 1 is 1.48 bits per heavy atom. The van der Waals surface area contributed by atoms with E-state index in [1.165, 1.54) is 0 Å². The highest BCUT2D eigenvalue weighted by Crippen LogP contribution is 2.35. The Balaban J connectivity index is 2.19. The Morgan fingerprint density at radius 2 is 2.19 bits per heavy atom. The van der Waals surface area contributed by atoms with E-state index >= 15 is 0 Å². The molecule has 21 heavy (non-hydrogen) atoms. The first-order chi connectivity index (χ1) is 9.80. The molecule has 1 heterocycles. The quantitative estimate of drug-likeness (QED) is 0.892. The second-order valence-corrected chi connectivity index (χ2v) is 6.71. The minimum Gasteiger partial charge on any atom is -0.444 e. The van der Waals surface area contributed by atoms with Gasteiger partial charge < -0.3 is 15.0 Å². The van der Waals surface area contributed by atoms with Crippen molar-refractivity contribution in [2.24, 2.45) is 0 Å². The molecule has 1 aliphatic heterocycles. The number of hydrogen-bond donors (Lipinski definition) is 1. The second kappa shape index (κ2) is 6.14. The van der Waals surface area contributed by atoms with E-state index in [1.807, 2.05) is 39.0 Å². The number of alkyl carbamates (subject to hydrolysis) is 1. The van der Waals surface area contributed by atoms with Gasteiger partial charge >= 0.3 is 6.09 Å². The van der Waals surface area contributed by atoms with E-state index in [4.69, 9.17) is 16.3 Å². The third-order valence-electron chi connectivity index (χ3n) is 3.47. The molecule has 0 aromatic heterocycles. The van der Waals surface area contributed by atoms with Gasteiger partial charge in [-0.15, -0.1) is 0 Å². The Morgan fingerprint density at radius 3 is 2.81 bits per heavy atom. The van der Waals surface area contributed by atoms with Crippen LogP contribution in [0.25, 0.3) is 0 Å². The number of hydrogen-bond acceptors (Lipinski definition) is 3. The molecule has 116 valence electrons. The van der Waals surface area contributed by atoms with Gasteiger partial charge in [-0.05, 0) is 57.9 Å². The number of benzene rings is 1. The van der Waals surface area contributed by atoms with Crippen LogP contribution < -0.4 is 10.2 Å². The molecule has 1 atom stereocenters. The first-order valence-corrected chi connectivity index (χ1v) is 7.72. The van der Waals surface area contributed by atoms with Crippen molar-refractivity contribution in [3.63, 3.8) is 0 Å². The fourth-order valence-electron chi connectivity index (χ4n) is 2.58. The summed E-state index contributed by atoms with van der Waals surface area (Å²) < 4.78 is 5.34. The number of fused-ring (bicyclic) bond motifs is 1. The fourth-order valence-corrected chi connectivity index (χ4v) is 2.76. The van der Waals surface area contributed by atoms with E-state index in [9.17, 15) is 4.79 Å². The molecule has 0 spiro atoms. The Kier molecular flexibility index (Phi) is 4.67. The zero-order valence-electron chi connectivity index (χ0n) is 13.1. The molecule has 5 heteroatoms. The minimum absolute atomic E-state index is 0.0589. The van der Waals surface area contributed by atoms with Crippen molar-refractivity contribution in [1.29, 1.82) is 0 Å². The van der Waals surface area contributed by atoms with Gasteiger partial charge in [0.1, 0.15) is 5.60 Å². The highest BCUT2D eigenvalue weighted by Gasteiger charge is 2.27. The van der Waals surface area contributed by atoms with Gasteiger partial charge in [-0.25, -0.2) is 4.79 Å². The minimum atomic E-state index is -0.495. The van der Waals surface area contributed by atoms with E-state index in [1.54, 1.807) is 0 Å². The van der Waals surface area contributed by atoms with Gasteiger partial charge in [0, 0.05) is 23.8 Å². The van der Waals surface area contributed by atoms with Crippen LogP contribution in [0.2, 0.25) is 5.02 Å². The molecular weight excluding hydrogens is 288 g/mol. The van der Waals surface area contributed by atoms with Gasteiger partial charge in [0.25, 0.3) is 0 Å². The molecule has 4 nitrogen and oxygen atoms in total. The number of rotatable bonds is 2. The Bertz CT molecular complexity index is 525. The van der Waals surface area contributed by atoms with Gasteiger partial charge in [0.2, 0.25) is 0 Å². The van der Waals surface area contributed by atoms with Crippen LogP contribution in [0.3, 0.4) is 0 Å². The number of nitrogens with zero attached hydrogens (tertiary/aromatic N) is 1. The van der Waals surface area contributed by atoms with Crippen LogP contribution >= 0.6 is 11.6 Å². The molecule has 1 aromatic rings. The summed E-state index contributed by atoms with van der Waals surface area (Å²) in [5, 5.41) is 3.64. The number of carbonyl (C=O) groups excluding carboxylic acids is 1. The van der Waals surface area contributed by atoms with Gasteiger partial charge in [0.05, 0.1) is 6.04 Å². The lowest BCUT2D eigenvalue weighted by Crippen LogP contribution is -2.40. The summed E-state index contributed by atoms with van der Waals surface area (Å²) in [7, 11) is 0. The first-order valence-electron chi connectivity index (χ1n) is 7.34. The number of anilines is 1. The molecule has 0 radical (unpaired) electrons.